The number of nitrogens with zero attached hydrogens (tertiary/aromatic N) is 3. The first-order chi connectivity index (χ1) is 11.2. The first kappa shape index (κ1) is 14.9. The van der Waals surface area contributed by atoms with Crippen molar-refractivity contribution in [1.82, 2.24) is 14.8 Å². The van der Waals surface area contributed by atoms with Crippen LogP contribution in [0.4, 0.5) is 0 Å². The molecule has 2 atom stereocenters. The fraction of sp³-hybridized carbons (Fsp3) is 0.667. The first-order valence-corrected chi connectivity index (χ1v) is 8.77. The molecule has 0 unspecified atom stereocenters. The molecule has 5 heteroatoms. The maximum Gasteiger partial charge on any atom is 0.223 e. The molecule has 0 N–H and O–H groups in total. The Morgan fingerprint density at radius 3 is 2.96 bits per heavy atom. The Kier molecular flexibility index (Phi) is 3.97. The average molecular weight is 315 g/mol. The van der Waals surface area contributed by atoms with E-state index in [-0.39, 0.29) is 0 Å². The fourth-order valence-corrected chi connectivity index (χ4v) is 4.24. The van der Waals surface area contributed by atoms with E-state index in [9.17, 15) is 4.79 Å². The minimum Gasteiger partial charge on any atom is -0.497 e. The number of carbonyl (C=O) groups excluding carboxylic acids is 1. The molecule has 2 aliphatic heterocycles. The van der Waals surface area contributed by atoms with Crippen LogP contribution in [0.15, 0.2) is 18.3 Å². The number of pyridine rings is 1. The number of methoxy groups -OCH3 is 1. The molecule has 1 amide bonds. The van der Waals surface area contributed by atoms with Crippen LogP contribution in [0.3, 0.4) is 0 Å². The molecule has 0 bridgehead atoms. The summed E-state index contributed by atoms with van der Waals surface area (Å²) in [7, 11) is 1.69. The van der Waals surface area contributed by atoms with Crippen molar-refractivity contribution in [2.75, 3.05) is 20.2 Å². The summed E-state index contributed by atoms with van der Waals surface area (Å²) in [6.45, 7) is 3.01. The summed E-state index contributed by atoms with van der Waals surface area (Å²) < 4.78 is 5.29. The zero-order valence-corrected chi connectivity index (χ0v) is 13.8. The third-order valence-electron chi connectivity index (χ3n) is 5.50. The predicted molar refractivity (Wildman–Crippen MR) is 87.1 cm³/mol. The van der Waals surface area contributed by atoms with Gasteiger partial charge >= 0.3 is 0 Å². The van der Waals surface area contributed by atoms with Crippen molar-refractivity contribution in [3.63, 3.8) is 0 Å². The van der Waals surface area contributed by atoms with Crippen LogP contribution in [0.2, 0.25) is 0 Å². The van der Waals surface area contributed by atoms with E-state index in [1.54, 1.807) is 7.11 Å². The lowest BCUT2D eigenvalue weighted by Gasteiger charge is -2.47. The van der Waals surface area contributed by atoms with Crippen LogP contribution >= 0.6 is 0 Å². The second kappa shape index (κ2) is 6.11. The largest absolute Gasteiger partial charge is 0.497 e. The predicted octanol–water partition coefficient (Wildman–Crippen LogP) is 2.07. The minimum absolute atomic E-state index is 0.400. The van der Waals surface area contributed by atoms with E-state index in [4.69, 9.17) is 4.74 Å². The molecule has 1 saturated carbocycles. The van der Waals surface area contributed by atoms with Crippen LogP contribution in [-0.2, 0) is 11.3 Å². The Bertz CT molecular complexity index is 587. The van der Waals surface area contributed by atoms with Crippen LogP contribution in [0.25, 0.3) is 0 Å². The number of piperidine rings is 2. The third kappa shape index (κ3) is 3.07. The van der Waals surface area contributed by atoms with Gasteiger partial charge in [0, 0.05) is 50.4 Å². The standard InChI is InChI=1S/C18H25N3O2/c1-23-16-6-8-19-14(10-16)12-20-9-7-17-13(11-20)2-5-18(22)21(17)15-3-4-15/h6,8,10,13,15,17H,2-5,7,9,11-12H2,1H3/t13-,17-/m0/s1. The van der Waals surface area contributed by atoms with Crippen LogP contribution in [0.1, 0.15) is 37.8 Å². The number of ether oxygens (including phenoxy) is 1. The van der Waals surface area contributed by atoms with E-state index in [0.29, 0.717) is 23.9 Å². The highest BCUT2D eigenvalue weighted by atomic mass is 16.5. The lowest BCUT2D eigenvalue weighted by atomic mass is 9.83. The van der Waals surface area contributed by atoms with Crippen LogP contribution < -0.4 is 4.74 Å². The van der Waals surface area contributed by atoms with Crippen LogP contribution in [0, 0.1) is 5.92 Å². The molecule has 1 aromatic heterocycles. The summed E-state index contributed by atoms with van der Waals surface area (Å²) >= 11 is 0. The summed E-state index contributed by atoms with van der Waals surface area (Å²) in [5.74, 6) is 1.90. The lowest BCUT2D eigenvalue weighted by molar-refractivity contribution is -0.142. The van der Waals surface area contributed by atoms with Gasteiger partial charge in [0.2, 0.25) is 5.91 Å². The molecule has 2 saturated heterocycles. The average Bonchev–Trinajstić information content (AvgIpc) is 3.40. The number of rotatable bonds is 4. The number of likely N-dealkylation sites (tertiary alicyclic amines) is 2. The molecule has 0 aromatic carbocycles. The molecule has 3 fully saturated rings. The number of carbonyl (C=O) groups is 1. The van der Waals surface area contributed by atoms with Gasteiger partial charge in [-0.15, -0.1) is 0 Å². The minimum atomic E-state index is 0.400. The van der Waals surface area contributed by atoms with Gasteiger partial charge in [0.15, 0.2) is 0 Å². The van der Waals surface area contributed by atoms with Crippen LogP contribution in [-0.4, -0.2) is 53.0 Å². The second-order valence-electron chi connectivity index (χ2n) is 7.11. The van der Waals surface area contributed by atoms with E-state index in [1.807, 2.05) is 18.3 Å². The zero-order chi connectivity index (χ0) is 15.8. The molecule has 4 rings (SSSR count). The zero-order valence-electron chi connectivity index (χ0n) is 13.8. The van der Waals surface area contributed by atoms with E-state index in [2.05, 4.69) is 14.8 Å². The van der Waals surface area contributed by atoms with Crippen molar-refractivity contribution in [1.29, 1.82) is 0 Å². The molecule has 5 nitrogen and oxygen atoms in total. The number of fused-ring (bicyclic) bond motifs is 1. The van der Waals surface area contributed by atoms with Crippen LogP contribution in [0.5, 0.6) is 5.75 Å². The van der Waals surface area contributed by atoms with Gasteiger partial charge in [0.05, 0.1) is 12.8 Å². The van der Waals surface area contributed by atoms with Gasteiger partial charge in [-0.2, -0.15) is 0 Å². The van der Waals surface area contributed by atoms with E-state index >= 15 is 0 Å². The van der Waals surface area contributed by atoms with Gasteiger partial charge in [-0.05, 0) is 37.7 Å². The van der Waals surface area contributed by atoms with Crippen molar-refractivity contribution in [2.45, 2.75) is 50.7 Å². The fourth-order valence-electron chi connectivity index (χ4n) is 4.24. The number of hydrogen-bond donors (Lipinski definition) is 0. The highest BCUT2D eigenvalue weighted by molar-refractivity contribution is 5.78. The van der Waals surface area contributed by atoms with E-state index < -0.39 is 0 Å². The summed E-state index contributed by atoms with van der Waals surface area (Å²) in [4.78, 5) is 21.5. The van der Waals surface area contributed by atoms with Gasteiger partial charge < -0.3 is 9.64 Å². The Hall–Kier alpha value is -1.62. The van der Waals surface area contributed by atoms with Crippen molar-refractivity contribution < 1.29 is 9.53 Å². The van der Waals surface area contributed by atoms with Gasteiger partial charge in [-0.3, -0.25) is 14.7 Å². The number of aromatic nitrogens is 1. The molecule has 124 valence electrons. The Morgan fingerprint density at radius 1 is 1.30 bits per heavy atom. The second-order valence-corrected chi connectivity index (χ2v) is 7.11. The molecule has 1 aliphatic carbocycles. The molecular formula is C18H25N3O2. The summed E-state index contributed by atoms with van der Waals surface area (Å²) in [6, 6.07) is 4.95. The molecule has 3 heterocycles. The smallest absolute Gasteiger partial charge is 0.223 e. The molecule has 3 aliphatic rings. The molecule has 0 radical (unpaired) electrons. The monoisotopic (exact) mass is 315 g/mol. The normalized spacial score (nSPS) is 28.6. The first-order valence-electron chi connectivity index (χ1n) is 8.77. The Balaban J connectivity index is 1.41. The van der Waals surface area contributed by atoms with Crippen molar-refractivity contribution in [3.05, 3.63) is 24.0 Å². The van der Waals surface area contributed by atoms with Gasteiger partial charge in [-0.1, -0.05) is 0 Å². The third-order valence-corrected chi connectivity index (χ3v) is 5.50. The van der Waals surface area contributed by atoms with E-state index in [1.165, 1.54) is 12.8 Å². The van der Waals surface area contributed by atoms with Gasteiger partial charge in [0.25, 0.3) is 0 Å². The molecular weight excluding hydrogens is 290 g/mol. The maximum absolute atomic E-state index is 12.3. The highest BCUT2D eigenvalue weighted by Crippen LogP contribution is 2.39. The SMILES string of the molecule is COc1ccnc(CN2CC[C@H]3[C@@H](CCC(=O)N3C3CC3)C2)c1. The Morgan fingerprint density at radius 2 is 2.17 bits per heavy atom. The van der Waals surface area contributed by atoms with Crippen molar-refractivity contribution >= 4 is 5.91 Å². The highest BCUT2D eigenvalue weighted by Gasteiger charge is 2.45. The molecule has 23 heavy (non-hydrogen) atoms. The maximum atomic E-state index is 12.3. The summed E-state index contributed by atoms with van der Waals surface area (Å²) in [5, 5.41) is 0. The Labute approximate surface area is 137 Å². The van der Waals surface area contributed by atoms with Crippen molar-refractivity contribution in [3.8, 4) is 5.75 Å². The summed E-state index contributed by atoms with van der Waals surface area (Å²) in [6.07, 6.45) is 7.14. The molecule has 0 spiro atoms. The number of hydrogen-bond acceptors (Lipinski definition) is 4. The quantitative estimate of drug-likeness (QED) is 0.853. The molecule has 1 aromatic rings. The van der Waals surface area contributed by atoms with E-state index in [0.717, 1.165) is 50.3 Å². The lowest BCUT2D eigenvalue weighted by Crippen LogP contribution is -2.56. The van der Waals surface area contributed by atoms with Gasteiger partial charge in [0.1, 0.15) is 5.75 Å². The van der Waals surface area contributed by atoms with Gasteiger partial charge in [-0.25, -0.2) is 0 Å². The number of amides is 1. The van der Waals surface area contributed by atoms with Crippen molar-refractivity contribution in [2.24, 2.45) is 5.92 Å². The topological polar surface area (TPSA) is 45.7 Å². The summed E-state index contributed by atoms with van der Waals surface area (Å²) in [5.41, 5.74) is 1.06.